The lowest BCUT2D eigenvalue weighted by Crippen LogP contribution is -2.33. The van der Waals surface area contributed by atoms with Crippen molar-refractivity contribution in [2.45, 2.75) is 19.5 Å². The zero-order valence-electron chi connectivity index (χ0n) is 7.56. The van der Waals surface area contributed by atoms with Crippen LogP contribution in [0, 0.1) is 0 Å². The second-order valence-corrected chi connectivity index (χ2v) is 2.82. The molecule has 0 aliphatic rings. The van der Waals surface area contributed by atoms with Gasteiger partial charge in [0, 0.05) is 19.8 Å². The minimum Gasteiger partial charge on any atom is -0.480 e. The second kappa shape index (κ2) is 3.99. The van der Waals surface area contributed by atoms with Crippen LogP contribution in [0.4, 0.5) is 0 Å². The number of carboxylic acids is 1. The highest BCUT2D eigenvalue weighted by molar-refractivity contribution is 5.72. The number of nitrogens with one attached hydrogen (secondary N) is 1. The molecular formula is C7H12N4O2. The molecule has 0 amide bonds. The van der Waals surface area contributed by atoms with Gasteiger partial charge in [0.05, 0.1) is 5.69 Å². The molecule has 0 unspecified atom stereocenters. The van der Waals surface area contributed by atoms with Gasteiger partial charge in [0.15, 0.2) is 0 Å². The molecule has 0 saturated carbocycles. The minimum absolute atomic E-state index is 0.418. The molecule has 0 aromatic carbocycles. The number of nitrogens with zero attached hydrogens (tertiary/aromatic N) is 3. The van der Waals surface area contributed by atoms with Crippen molar-refractivity contribution in [3.05, 3.63) is 11.9 Å². The van der Waals surface area contributed by atoms with E-state index in [9.17, 15) is 4.79 Å². The zero-order valence-corrected chi connectivity index (χ0v) is 7.56. The molecule has 0 saturated heterocycles. The fourth-order valence-corrected chi connectivity index (χ4v) is 0.821. The lowest BCUT2D eigenvalue weighted by atomic mass is 10.3. The largest absolute Gasteiger partial charge is 0.480 e. The van der Waals surface area contributed by atoms with Gasteiger partial charge in [0.25, 0.3) is 0 Å². The van der Waals surface area contributed by atoms with Crippen LogP contribution in [0.3, 0.4) is 0 Å². The van der Waals surface area contributed by atoms with Crippen LogP contribution in [0.5, 0.6) is 0 Å². The van der Waals surface area contributed by atoms with Crippen LogP contribution in [0.15, 0.2) is 6.20 Å². The summed E-state index contributed by atoms with van der Waals surface area (Å²) in [5, 5.41) is 18.9. The maximum Gasteiger partial charge on any atom is 0.320 e. The van der Waals surface area contributed by atoms with Gasteiger partial charge in [-0.05, 0) is 6.92 Å². The van der Waals surface area contributed by atoms with E-state index in [1.54, 1.807) is 24.9 Å². The molecule has 0 radical (unpaired) electrons. The number of aliphatic carboxylic acids is 1. The summed E-state index contributed by atoms with van der Waals surface area (Å²) in [7, 11) is 1.76. The number of carbonyl (C=O) groups is 1. The van der Waals surface area contributed by atoms with E-state index in [1.807, 2.05) is 0 Å². The first-order chi connectivity index (χ1) is 6.09. The molecule has 1 aromatic rings. The van der Waals surface area contributed by atoms with E-state index in [2.05, 4.69) is 15.6 Å². The smallest absolute Gasteiger partial charge is 0.320 e. The monoisotopic (exact) mass is 184 g/mol. The van der Waals surface area contributed by atoms with Crippen LogP contribution in [0.2, 0.25) is 0 Å². The normalized spacial score (nSPS) is 12.8. The van der Waals surface area contributed by atoms with E-state index in [-0.39, 0.29) is 0 Å². The lowest BCUT2D eigenvalue weighted by molar-refractivity contribution is -0.139. The highest BCUT2D eigenvalue weighted by Crippen LogP contribution is 1.91. The Kier molecular flexibility index (Phi) is 2.97. The molecule has 0 bridgehead atoms. The van der Waals surface area contributed by atoms with Crippen molar-refractivity contribution in [2.24, 2.45) is 7.05 Å². The molecule has 0 aliphatic heterocycles. The molecule has 1 heterocycles. The van der Waals surface area contributed by atoms with E-state index in [0.29, 0.717) is 6.54 Å². The Bertz CT molecular complexity index is 296. The Labute approximate surface area is 75.6 Å². The van der Waals surface area contributed by atoms with Crippen LogP contribution in [-0.4, -0.2) is 32.1 Å². The van der Waals surface area contributed by atoms with Gasteiger partial charge in [-0.2, -0.15) is 0 Å². The molecule has 6 heteroatoms. The summed E-state index contributed by atoms with van der Waals surface area (Å²) >= 11 is 0. The SMILES string of the molecule is C[C@H](NCc1cn(C)nn1)C(=O)O. The van der Waals surface area contributed by atoms with Crippen molar-refractivity contribution in [1.29, 1.82) is 0 Å². The Balaban J connectivity index is 2.39. The van der Waals surface area contributed by atoms with Gasteiger partial charge in [-0.3, -0.25) is 14.8 Å². The number of carboxylic acid groups (broad SMARTS) is 1. The van der Waals surface area contributed by atoms with Crippen molar-refractivity contribution in [3.8, 4) is 0 Å². The molecule has 1 aromatic heterocycles. The van der Waals surface area contributed by atoms with Gasteiger partial charge >= 0.3 is 5.97 Å². The van der Waals surface area contributed by atoms with Crippen LogP contribution in [0.25, 0.3) is 0 Å². The van der Waals surface area contributed by atoms with Crippen LogP contribution < -0.4 is 5.32 Å². The number of hydrogen-bond donors (Lipinski definition) is 2. The maximum atomic E-state index is 10.4. The number of hydrogen-bond acceptors (Lipinski definition) is 4. The molecule has 0 fully saturated rings. The lowest BCUT2D eigenvalue weighted by Gasteiger charge is -2.05. The number of aromatic nitrogens is 3. The van der Waals surface area contributed by atoms with E-state index in [4.69, 9.17) is 5.11 Å². The van der Waals surface area contributed by atoms with E-state index < -0.39 is 12.0 Å². The van der Waals surface area contributed by atoms with Crippen LogP contribution in [0.1, 0.15) is 12.6 Å². The summed E-state index contributed by atoms with van der Waals surface area (Å²) in [6, 6.07) is -0.568. The Morgan fingerprint density at radius 2 is 2.54 bits per heavy atom. The second-order valence-electron chi connectivity index (χ2n) is 2.82. The first-order valence-electron chi connectivity index (χ1n) is 3.91. The van der Waals surface area contributed by atoms with E-state index >= 15 is 0 Å². The topological polar surface area (TPSA) is 80.0 Å². The van der Waals surface area contributed by atoms with Crippen LogP contribution >= 0.6 is 0 Å². The molecule has 1 rings (SSSR count). The molecule has 72 valence electrons. The highest BCUT2D eigenvalue weighted by Gasteiger charge is 2.09. The third-order valence-corrected chi connectivity index (χ3v) is 1.61. The van der Waals surface area contributed by atoms with E-state index in [0.717, 1.165) is 5.69 Å². The standard InChI is InChI=1S/C7H12N4O2/c1-5(7(12)13)8-3-6-4-11(2)10-9-6/h4-5,8H,3H2,1-2H3,(H,12,13)/t5-/m0/s1. The maximum absolute atomic E-state index is 10.4. The van der Waals surface area contributed by atoms with Gasteiger partial charge in [-0.1, -0.05) is 5.21 Å². The van der Waals surface area contributed by atoms with Gasteiger partial charge in [-0.15, -0.1) is 5.10 Å². The van der Waals surface area contributed by atoms with Crippen LogP contribution in [-0.2, 0) is 18.4 Å². The summed E-state index contributed by atoms with van der Waals surface area (Å²) in [5.74, 6) is -0.871. The molecular weight excluding hydrogens is 172 g/mol. The highest BCUT2D eigenvalue weighted by atomic mass is 16.4. The molecule has 6 nitrogen and oxygen atoms in total. The first-order valence-corrected chi connectivity index (χ1v) is 3.91. The van der Waals surface area contributed by atoms with Crippen molar-refractivity contribution < 1.29 is 9.90 Å². The Morgan fingerprint density at radius 1 is 1.85 bits per heavy atom. The van der Waals surface area contributed by atoms with Crippen molar-refractivity contribution in [1.82, 2.24) is 20.3 Å². The summed E-state index contributed by atoms with van der Waals surface area (Å²) in [5.41, 5.74) is 0.732. The molecule has 0 spiro atoms. The predicted octanol–water partition coefficient (Wildman–Crippen LogP) is -0.622. The van der Waals surface area contributed by atoms with E-state index in [1.165, 1.54) is 0 Å². The molecule has 2 N–H and O–H groups in total. The number of aryl methyl sites for hydroxylation is 1. The minimum atomic E-state index is -0.871. The fourth-order valence-electron chi connectivity index (χ4n) is 0.821. The summed E-state index contributed by atoms with van der Waals surface area (Å²) in [6.07, 6.45) is 1.74. The van der Waals surface area contributed by atoms with Gasteiger partial charge < -0.3 is 5.11 Å². The van der Waals surface area contributed by atoms with Crippen molar-refractivity contribution >= 4 is 5.97 Å². The van der Waals surface area contributed by atoms with Gasteiger partial charge in [0.2, 0.25) is 0 Å². The quantitative estimate of drug-likeness (QED) is 0.651. The molecule has 0 aliphatic carbocycles. The summed E-state index contributed by atoms with van der Waals surface area (Å²) in [6.45, 7) is 2.00. The molecule has 1 atom stereocenters. The Morgan fingerprint density at radius 3 is 3.00 bits per heavy atom. The van der Waals surface area contributed by atoms with Gasteiger partial charge in [0.1, 0.15) is 6.04 Å². The average molecular weight is 184 g/mol. The third-order valence-electron chi connectivity index (χ3n) is 1.61. The third kappa shape index (κ3) is 2.83. The fraction of sp³-hybridized carbons (Fsp3) is 0.571. The van der Waals surface area contributed by atoms with Crippen molar-refractivity contribution in [3.63, 3.8) is 0 Å². The predicted molar refractivity (Wildman–Crippen MR) is 44.9 cm³/mol. The molecule has 13 heavy (non-hydrogen) atoms. The first kappa shape index (κ1) is 9.66. The summed E-state index contributed by atoms with van der Waals surface area (Å²) in [4.78, 5) is 10.4. The summed E-state index contributed by atoms with van der Waals surface area (Å²) < 4.78 is 1.57. The average Bonchev–Trinajstić information content (AvgIpc) is 2.47. The Hall–Kier alpha value is -1.43. The number of rotatable bonds is 4. The van der Waals surface area contributed by atoms with Gasteiger partial charge in [-0.25, -0.2) is 0 Å². The van der Waals surface area contributed by atoms with Crippen molar-refractivity contribution in [2.75, 3.05) is 0 Å². The zero-order chi connectivity index (χ0) is 9.84.